The fourth-order valence-electron chi connectivity index (χ4n) is 2.95. The first-order valence-corrected chi connectivity index (χ1v) is 9.87. The smallest absolute Gasteiger partial charge is 0.281 e. The van der Waals surface area contributed by atoms with Gasteiger partial charge in [-0.3, -0.25) is 14.9 Å². The average Bonchev–Trinajstić information content (AvgIpc) is 3.09. The highest BCUT2D eigenvalue weighted by atomic mass is 32.1. The quantitative estimate of drug-likeness (QED) is 0.539. The standard InChI is InChI=1S/C21H18N4O3S/c1-3-13-7-8-15-17(10-13)29-21(22-15)23-20(28)19-16(26)11-18(27)25(24-19)14-6-4-5-12(2)9-14/h4-11,26H,3H2,1-2H3,(H,22,23,28). The van der Waals surface area contributed by atoms with E-state index >= 15 is 0 Å². The minimum absolute atomic E-state index is 0.250. The summed E-state index contributed by atoms with van der Waals surface area (Å²) in [5, 5.41) is 17.3. The molecule has 0 aliphatic carbocycles. The number of aryl methyl sites for hydroxylation is 2. The molecule has 2 aromatic heterocycles. The summed E-state index contributed by atoms with van der Waals surface area (Å²) in [4.78, 5) is 29.4. The van der Waals surface area contributed by atoms with E-state index in [0.717, 1.165) is 32.9 Å². The van der Waals surface area contributed by atoms with E-state index in [1.807, 2.05) is 31.2 Å². The number of thiazole rings is 1. The number of hydrogen-bond acceptors (Lipinski definition) is 6. The number of fused-ring (bicyclic) bond motifs is 1. The van der Waals surface area contributed by atoms with Gasteiger partial charge in [0.15, 0.2) is 16.6 Å². The molecule has 0 spiro atoms. The van der Waals surface area contributed by atoms with Crippen LogP contribution in [0.5, 0.6) is 5.75 Å². The lowest BCUT2D eigenvalue weighted by Gasteiger charge is -2.09. The molecule has 7 nitrogen and oxygen atoms in total. The third-order valence-corrected chi connectivity index (χ3v) is 5.39. The number of nitrogens with one attached hydrogen (secondary N) is 1. The van der Waals surface area contributed by atoms with E-state index in [0.29, 0.717) is 10.8 Å². The number of amides is 1. The first-order chi connectivity index (χ1) is 13.9. The van der Waals surface area contributed by atoms with Crippen LogP contribution in [0.2, 0.25) is 0 Å². The summed E-state index contributed by atoms with van der Waals surface area (Å²) < 4.78 is 2.05. The van der Waals surface area contributed by atoms with Crippen molar-refractivity contribution in [3.8, 4) is 11.4 Å². The van der Waals surface area contributed by atoms with E-state index in [1.54, 1.807) is 18.2 Å². The van der Waals surface area contributed by atoms with Crippen molar-refractivity contribution in [3.05, 3.63) is 75.7 Å². The second-order valence-electron chi connectivity index (χ2n) is 6.60. The van der Waals surface area contributed by atoms with Crippen LogP contribution in [0.3, 0.4) is 0 Å². The molecule has 0 radical (unpaired) electrons. The Morgan fingerprint density at radius 2 is 2.03 bits per heavy atom. The molecular weight excluding hydrogens is 388 g/mol. The fraction of sp³-hybridized carbons (Fsp3) is 0.143. The Hall–Kier alpha value is -3.52. The Labute approximate surface area is 170 Å². The Morgan fingerprint density at radius 3 is 2.79 bits per heavy atom. The van der Waals surface area contributed by atoms with Gasteiger partial charge in [-0.15, -0.1) is 0 Å². The number of aromatic nitrogens is 3. The van der Waals surface area contributed by atoms with Gasteiger partial charge in [0.2, 0.25) is 0 Å². The minimum atomic E-state index is -0.640. The average molecular weight is 406 g/mol. The topological polar surface area (TPSA) is 97.1 Å². The van der Waals surface area contributed by atoms with Gasteiger partial charge in [0, 0.05) is 6.07 Å². The molecule has 0 fully saturated rings. The van der Waals surface area contributed by atoms with Crippen LogP contribution in [0.25, 0.3) is 15.9 Å². The largest absolute Gasteiger partial charge is 0.505 e. The number of aromatic hydroxyl groups is 1. The zero-order chi connectivity index (χ0) is 20.5. The van der Waals surface area contributed by atoms with Crippen LogP contribution in [0.15, 0.2) is 53.3 Å². The molecule has 0 aliphatic rings. The van der Waals surface area contributed by atoms with Crippen LogP contribution >= 0.6 is 11.3 Å². The monoisotopic (exact) mass is 406 g/mol. The molecule has 8 heteroatoms. The summed E-state index contributed by atoms with van der Waals surface area (Å²) in [5.41, 5.74) is 2.64. The van der Waals surface area contributed by atoms with Crippen molar-refractivity contribution in [2.75, 3.05) is 5.32 Å². The molecule has 2 N–H and O–H groups in total. The molecule has 0 bridgehead atoms. The number of nitrogens with zero attached hydrogens (tertiary/aromatic N) is 3. The van der Waals surface area contributed by atoms with E-state index in [2.05, 4.69) is 22.3 Å². The van der Waals surface area contributed by atoms with Gasteiger partial charge in [-0.25, -0.2) is 4.98 Å². The SMILES string of the molecule is CCc1ccc2nc(NC(=O)c3nn(-c4cccc(C)c4)c(=O)cc3O)sc2c1. The van der Waals surface area contributed by atoms with Gasteiger partial charge in [0.25, 0.3) is 11.5 Å². The Bertz CT molecular complexity index is 1290. The highest BCUT2D eigenvalue weighted by molar-refractivity contribution is 7.22. The Balaban J connectivity index is 1.68. The predicted molar refractivity (Wildman–Crippen MR) is 113 cm³/mol. The number of carbonyl (C=O) groups is 1. The number of benzene rings is 2. The highest BCUT2D eigenvalue weighted by Crippen LogP contribution is 2.27. The molecule has 146 valence electrons. The molecule has 1 amide bonds. The highest BCUT2D eigenvalue weighted by Gasteiger charge is 2.18. The fourth-order valence-corrected chi connectivity index (χ4v) is 3.88. The van der Waals surface area contributed by atoms with E-state index < -0.39 is 17.2 Å². The van der Waals surface area contributed by atoms with E-state index in [1.165, 1.54) is 16.9 Å². The van der Waals surface area contributed by atoms with Crippen LogP contribution in [0, 0.1) is 6.92 Å². The van der Waals surface area contributed by atoms with Crippen molar-refractivity contribution in [2.45, 2.75) is 20.3 Å². The Morgan fingerprint density at radius 1 is 1.21 bits per heavy atom. The summed E-state index contributed by atoms with van der Waals surface area (Å²) >= 11 is 1.34. The van der Waals surface area contributed by atoms with Crippen LogP contribution in [-0.2, 0) is 6.42 Å². The van der Waals surface area contributed by atoms with E-state index in [-0.39, 0.29) is 5.69 Å². The number of anilines is 1. The van der Waals surface area contributed by atoms with Gasteiger partial charge in [-0.05, 0) is 48.7 Å². The van der Waals surface area contributed by atoms with Crippen molar-refractivity contribution in [3.63, 3.8) is 0 Å². The van der Waals surface area contributed by atoms with Crippen LogP contribution in [0.4, 0.5) is 5.13 Å². The first-order valence-electron chi connectivity index (χ1n) is 9.06. The van der Waals surface area contributed by atoms with E-state index in [9.17, 15) is 14.7 Å². The van der Waals surface area contributed by atoms with Gasteiger partial charge >= 0.3 is 0 Å². The van der Waals surface area contributed by atoms with Crippen molar-refractivity contribution in [1.82, 2.24) is 14.8 Å². The first kappa shape index (κ1) is 18.8. The van der Waals surface area contributed by atoms with Crippen molar-refractivity contribution < 1.29 is 9.90 Å². The van der Waals surface area contributed by atoms with Gasteiger partial charge in [-0.2, -0.15) is 9.78 Å². The molecule has 29 heavy (non-hydrogen) atoms. The number of hydrogen-bond donors (Lipinski definition) is 2. The Kier molecular flexibility index (Phi) is 4.85. The molecule has 4 aromatic rings. The van der Waals surface area contributed by atoms with Crippen molar-refractivity contribution in [1.29, 1.82) is 0 Å². The van der Waals surface area contributed by atoms with Gasteiger partial charge in [0.05, 0.1) is 15.9 Å². The summed E-state index contributed by atoms with van der Waals surface area (Å²) in [6, 6.07) is 14.1. The summed E-state index contributed by atoms with van der Waals surface area (Å²) in [5.74, 6) is -1.12. The molecule has 2 heterocycles. The normalized spacial score (nSPS) is 11.0. The number of carbonyl (C=O) groups excluding carboxylic acids is 1. The lowest BCUT2D eigenvalue weighted by molar-refractivity contribution is 0.101. The minimum Gasteiger partial charge on any atom is -0.505 e. The molecule has 2 aromatic carbocycles. The van der Waals surface area contributed by atoms with Crippen molar-refractivity contribution in [2.24, 2.45) is 0 Å². The molecule has 0 atom stereocenters. The molecule has 0 saturated heterocycles. The predicted octanol–water partition coefficient (Wildman–Crippen LogP) is 3.67. The molecule has 0 unspecified atom stereocenters. The van der Waals surface area contributed by atoms with Crippen molar-refractivity contribution >= 4 is 32.6 Å². The summed E-state index contributed by atoms with van der Waals surface area (Å²) in [7, 11) is 0. The second kappa shape index (κ2) is 7.48. The van der Waals surface area contributed by atoms with Crippen LogP contribution in [-0.4, -0.2) is 25.8 Å². The maximum absolute atomic E-state index is 12.7. The molecular formula is C21H18N4O3S. The summed E-state index contributed by atoms with van der Waals surface area (Å²) in [6.45, 7) is 3.96. The maximum atomic E-state index is 12.7. The summed E-state index contributed by atoms with van der Waals surface area (Å²) in [6.07, 6.45) is 0.911. The molecule has 0 saturated carbocycles. The zero-order valence-corrected chi connectivity index (χ0v) is 16.7. The lowest BCUT2D eigenvalue weighted by atomic mass is 10.2. The van der Waals surface area contributed by atoms with E-state index in [4.69, 9.17) is 0 Å². The van der Waals surface area contributed by atoms with Gasteiger partial charge in [0.1, 0.15) is 0 Å². The third kappa shape index (κ3) is 3.74. The zero-order valence-electron chi connectivity index (χ0n) is 15.8. The van der Waals surface area contributed by atoms with Crippen LogP contribution < -0.4 is 10.9 Å². The lowest BCUT2D eigenvalue weighted by Crippen LogP contribution is -2.25. The van der Waals surface area contributed by atoms with Gasteiger partial charge in [-0.1, -0.05) is 36.5 Å². The molecule has 4 rings (SSSR count). The third-order valence-electron chi connectivity index (χ3n) is 4.45. The second-order valence-corrected chi connectivity index (χ2v) is 7.63. The number of rotatable bonds is 4. The maximum Gasteiger partial charge on any atom is 0.281 e. The van der Waals surface area contributed by atoms with Crippen LogP contribution in [0.1, 0.15) is 28.5 Å². The molecule has 0 aliphatic heterocycles. The van der Waals surface area contributed by atoms with Gasteiger partial charge < -0.3 is 5.11 Å².